The van der Waals surface area contributed by atoms with Crippen molar-refractivity contribution >= 4 is 17.3 Å². The Kier molecular flexibility index (Phi) is 5.59. The van der Waals surface area contributed by atoms with Crippen molar-refractivity contribution in [2.75, 3.05) is 18.9 Å². The Labute approximate surface area is 139 Å². The topological polar surface area (TPSA) is 75.5 Å². The van der Waals surface area contributed by atoms with Crippen LogP contribution in [0.15, 0.2) is 42.5 Å². The van der Waals surface area contributed by atoms with Crippen LogP contribution in [0.25, 0.3) is 0 Å². The lowest BCUT2D eigenvalue weighted by Crippen LogP contribution is -2.30. The van der Waals surface area contributed by atoms with Gasteiger partial charge in [-0.15, -0.1) is 0 Å². The smallest absolute Gasteiger partial charge is 0.274 e. The van der Waals surface area contributed by atoms with Gasteiger partial charge in [0.25, 0.3) is 5.69 Å². The third-order valence-corrected chi connectivity index (χ3v) is 3.56. The first kappa shape index (κ1) is 17.6. The van der Waals surface area contributed by atoms with Crippen molar-refractivity contribution in [3.8, 4) is 0 Å². The molecule has 0 bridgehead atoms. The average Bonchev–Trinajstić information content (AvgIpc) is 2.51. The van der Waals surface area contributed by atoms with E-state index >= 15 is 0 Å². The van der Waals surface area contributed by atoms with Crippen molar-refractivity contribution in [3.05, 3.63) is 69.5 Å². The Morgan fingerprint density at radius 2 is 1.92 bits per heavy atom. The average molecular weight is 331 g/mol. The minimum atomic E-state index is -0.481. The maximum atomic E-state index is 12.9. The molecular weight excluding hydrogens is 313 g/mol. The lowest BCUT2D eigenvalue weighted by Gasteiger charge is -2.17. The third kappa shape index (κ3) is 4.60. The number of hydrogen-bond acceptors (Lipinski definition) is 4. The summed E-state index contributed by atoms with van der Waals surface area (Å²) in [6, 6.07) is 10.6. The number of carbonyl (C=O) groups excluding carboxylic acids is 1. The van der Waals surface area contributed by atoms with Gasteiger partial charge >= 0.3 is 0 Å². The van der Waals surface area contributed by atoms with E-state index in [0.717, 1.165) is 5.56 Å². The predicted octanol–water partition coefficient (Wildman–Crippen LogP) is 3.11. The van der Waals surface area contributed by atoms with E-state index in [1.807, 2.05) is 0 Å². The number of likely N-dealkylation sites (N-methyl/N-ethyl adjacent to an activating group) is 1. The van der Waals surface area contributed by atoms with Gasteiger partial charge < -0.3 is 5.32 Å². The molecule has 0 fully saturated rings. The van der Waals surface area contributed by atoms with Crippen molar-refractivity contribution in [2.24, 2.45) is 0 Å². The van der Waals surface area contributed by atoms with Gasteiger partial charge in [0.15, 0.2) is 0 Å². The van der Waals surface area contributed by atoms with E-state index in [-0.39, 0.29) is 24.0 Å². The van der Waals surface area contributed by atoms with Gasteiger partial charge in [-0.25, -0.2) is 4.39 Å². The highest BCUT2D eigenvalue weighted by Crippen LogP contribution is 2.24. The van der Waals surface area contributed by atoms with Crippen LogP contribution in [0.1, 0.15) is 11.1 Å². The fourth-order valence-corrected chi connectivity index (χ4v) is 2.35. The van der Waals surface area contributed by atoms with Gasteiger partial charge in [-0.3, -0.25) is 19.8 Å². The molecule has 126 valence electrons. The molecular formula is C17H18FN3O3. The molecule has 1 amide bonds. The molecule has 0 aliphatic rings. The number of nitro groups is 1. The molecule has 0 saturated carbocycles. The minimum absolute atomic E-state index is 0.0348. The minimum Gasteiger partial charge on any atom is -0.324 e. The van der Waals surface area contributed by atoms with Crippen LogP contribution in [0.2, 0.25) is 0 Å². The highest BCUT2D eigenvalue weighted by Gasteiger charge is 2.15. The summed E-state index contributed by atoms with van der Waals surface area (Å²) in [6.45, 7) is 2.19. The summed E-state index contributed by atoms with van der Waals surface area (Å²) in [4.78, 5) is 24.3. The van der Waals surface area contributed by atoms with Crippen molar-refractivity contribution in [1.82, 2.24) is 4.90 Å². The number of benzene rings is 2. The van der Waals surface area contributed by atoms with E-state index in [1.54, 1.807) is 37.1 Å². The van der Waals surface area contributed by atoms with Gasteiger partial charge in [0.1, 0.15) is 5.82 Å². The van der Waals surface area contributed by atoms with Crippen molar-refractivity contribution < 1.29 is 14.1 Å². The number of nitrogens with one attached hydrogen (secondary N) is 1. The lowest BCUT2D eigenvalue weighted by molar-refractivity contribution is -0.385. The normalized spacial score (nSPS) is 10.7. The second-order valence-electron chi connectivity index (χ2n) is 5.55. The van der Waals surface area contributed by atoms with Crippen LogP contribution in [0, 0.1) is 22.9 Å². The molecule has 0 radical (unpaired) electrons. The van der Waals surface area contributed by atoms with Gasteiger partial charge in [0.2, 0.25) is 5.91 Å². The SMILES string of the molecule is Cc1c(NC(=O)CN(C)Cc2ccc(F)cc2)cccc1[N+](=O)[O-]. The lowest BCUT2D eigenvalue weighted by atomic mass is 10.1. The maximum Gasteiger partial charge on any atom is 0.274 e. The van der Waals surface area contributed by atoms with Gasteiger partial charge in [-0.05, 0) is 37.7 Å². The van der Waals surface area contributed by atoms with E-state index in [1.165, 1.54) is 24.3 Å². The second-order valence-corrected chi connectivity index (χ2v) is 5.55. The predicted molar refractivity (Wildman–Crippen MR) is 89.2 cm³/mol. The molecule has 2 aromatic rings. The maximum absolute atomic E-state index is 12.9. The number of halogens is 1. The largest absolute Gasteiger partial charge is 0.324 e. The summed E-state index contributed by atoms with van der Waals surface area (Å²) in [5, 5.41) is 13.6. The quantitative estimate of drug-likeness (QED) is 0.652. The standard InChI is InChI=1S/C17H18FN3O3/c1-12-15(4-3-5-16(12)21(23)24)19-17(22)11-20(2)10-13-6-8-14(18)9-7-13/h3-9H,10-11H2,1-2H3,(H,19,22). The first-order valence-electron chi connectivity index (χ1n) is 7.33. The summed E-state index contributed by atoms with van der Waals surface area (Å²) in [5.41, 5.74) is 1.69. The number of nitro benzene ring substituents is 1. The van der Waals surface area contributed by atoms with Crippen molar-refractivity contribution in [2.45, 2.75) is 13.5 Å². The molecule has 0 heterocycles. The van der Waals surface area contributed by atoms with Crippen molar-refractivity contribution in [3.63, 3.8) is 0 Å². The molecule has 0 saturated heterocycles. The number of amides is 1. The summed E-state index contributed by atoms with van der Waals surface area (Å²) in [5.74, 6) is -0.580. The number of rotatable bonds is 6. The van der Waals surface area contributed by atoms with Crippen LogP contribution >= 0.6 is 0 Å². The van der Waals surface area contributed by atoms with Gasteiger partial charge in [-0.2, -0.15) is 0 Å². The molecule has 2 aromatic carbocycles. The molecule has 0 unspecified atom stereocenters. The van der Waals surface area contributed by atoms with Crippen LogP contribution in [0.5, 0.6) is 0 Å². The molecule has 0 aromatic heterocycles. The van der Waals surface area contributed by atoms with Crippen LogP contribution < -0.4 is 5.32 Å². The zero-order valence-electron chi connectivity index (χ0n) is 13.5. The van der Waals surface area contributed by atoms with E-state index < -0.39 is 4.92 Å². The zero-order valence-corrected chi connectivity index (χ0v) is 13.5. The molecule has 6 nitrogen and oxygen atoms in total. The van der Waals surface area contributed by atoms with Gasteiger partial charge in [0.05, 0.1) is 22.7 Å². The molecule has 1 N–H and O–H groups in total. The number of carbonyl (C=O) groups is 1. The number of nitrogens with zero attached hydrogens (tertiary/aromatic N) is 2. The van der Waals surface area contributed by atoms with E-state index in [9.17, 15) is 19.3 Å². The highest BCUT2D eigenvalue weighted by atomic mass is 19.1. The van der Waals surface area contributed by atoms with E-state index in [4.69, 9.17) is 0 Å². The molecule has 0 spiro atoms. The van der Waals surface area contributed by atoms with Crippen LogP contribution in [-0.2, 0) is 11.3 Å². The molecule has 0 aliphatic carbocycles. The molecule has 24 heavy (non-hydrogen) atoms. The van der Waals surface area contributed by atoms with Gasteiger partial charge in [-0.1, -0.05) is 18.2 Å². The zero-order chi connectivity index (χ0) is 17.7. The summed E-state index contributed by atoms with van der Waals surface area (Å²) in [7, 11) is 1.77. The van der Waals surface area contributed by atoms with Crippen molar-refractivity contribution in [1.29, 1.82) is 0 Å². The monoisotopic (exact) mass is 331 g/mol. The Hall–Kier alpha value is -2.80. The summed E-state index contributed by atoms with van der Waals surface area (Å²) in [6.07, 6.45) is 0. The Morgan fingerprint density at radius 1 is 1.25 bits per heavy atom. The fraction of sp³-hybridized carbons (Fsp3) is 0.235. The number of anilines is 1. The van der Waals surface area contributed by atoms with E-state index in [0.29, 0.717) is 17.8 Å². The van der Waals surface area contributed by atoms with Crippen LogP contribution in [0.3, 0.4) is 0 Å². The highest BCUT2D eigenvalue weighted by molar-refractivity contribution is 5.93. The fourth-order valence-electron chi connectivity index (χ4n) is 2.35. The molecule has 2 rings (SSSR count). The first-order valence-corrected chi connectivity index (χ1v) is 7.33. The van der Waals surface area contributed by atoms with Crippen LogP contribution in [-0.4, -0.2) is 29.3 Å². The van der Waals surface area contributed by atoms with Crippen LogP contribution in [0.4, 0.5) is 15.8 Å². The molecule has 0 atom stereocenters. The first-order chi connectivity index (χ1) is 11.4. The molecule has 7 heteroatoms. The van der Waals surface area contributed by atoms with Gasteiger partial charge in [0, 0.05) is 12.6 Å². The second kappa shape index (κ2) is 7.65. The Morgan fingerprint density at radius 3 is 2.54 bits per heavy atom. The Bertz CT molecular complexity index is 747. The number of hydrogen-bond donors (Lipinski definition) is 1. The third-order valence-electron chi connectivity index (χ3n) is 3.56. The molecule has 0 aliphatic heterocycles. The Balaban J connectivity index is 1.96. The van der Waals surface area contributed by atoms with E-state index in [2.05, 4.69) is 5.32 Å². The summed E-state index contributed by atoms with van der Waals surface area (Å²) >= 11 is 0. The summed E-state index contributed by atoms with van der Waals surface area (Å²) < 4.78 is 12.9.